The van der Waals surface area contributed by atoms with Crippen molar-refractivity contribution in [3.63, 3.8) is 0 Å². The molecule has 3 amide bonds. The van der Waals surface area contributed by atoms with Crippen LogP contribution in [0.25, 0.3) is 0 Å². The van der Waals surface area contributed by atoms with Crippen molar-refractivity contribution in [3.8, 4) is 0 Å². The largest absolute Gasteiger partial charge is 0.375 e. The van der Waals surface area contributed by atoms with E-state index in [1.54, 1.807) is 6.07 Å². The van der Waals surface area contributed by atoms with Gasteiger partial charge >= 0.3 is 11.8 Å². The molecule has 2 atom stereocenters. The summed E-state index contributed by atoms with van der Waals surface area (Å²) in [6, 6.07) is 2.30. The highest BCUT2D eigenvalue weighted by atomic mass is 35.5. The second-order valence-corrected chi connectivity index (χ2v) is 9.24. The third-order valence-corrected chi connectivity index (χ3v) is 6.61. The minimum Gasteiger partial charge on any atom is -0.375 e. The Hall–Kier alpha value is -2.31. The molecule has 178 valence electrons. The van der Waals surface area contributed by atoms with Gasteiger partial charge in [-0.2, -0.15) is 0 Å². The minimum atomic E-state index is -0.837. The lowest BCUT2D eigenvalue weighted by Gasteiger charge is -2.37. The van der Waals surface area contributed by atoms with Crippen LogP contribution >= 0.6 is 35.3 Å². The van der Waals surface area contributed by atoms with Gasteiger partial charge in [-0.15, -0.1) is 23.7 Å². The Morgan fingerprint density at radius 1 is 1.21 bits per heavy atom. The number of hydrogen-bond acceptors (Lipinski definition) is 8. The number of pyridine rings is 1. The van der Waals surface area contributed by atoms with Gasteiger partial charge in [0.2, 0.25) is 0 Å². The van der Waals surface area contributed by atoms with E-state index in [-0.39, 0.29) is 30.2 Å². The van der Waals surface area contributed by atoms with E-state index in [0.717, 1.165) is 17.1 Å². The van der Waals surface area contributed by atoms with Crippen molar-refractivity contribution in [2.45, 2.75) is 31.5 Å². The fraction of sp³-hybridized carbons (Fsp3) is 0.450. The maximum Gasteiger partial charge on any atom is 0.314 e. The van der Waals surface area contributed by atoms with Gasteiger partial charge in [-0.3, -0.25) is 14.4 Å². The number of halogens is 2. The monoisotopic (exact) mass is 514 g/mol. The summed E-state index contributed by atoms with van der Waals surface area (Å²) in [6.45, 7) is 2.33. The van der Waals surface area contributed by atoms with E-state index in [0.29, 0.717) is 42.6 Å². The number of carbonyl (C=O) groups is 3. The van der Waals surface area contributed by atoms with Crippen LogP contribution in [-0.2, 0) is 27.4 Å². The first-order valence-electron chi connectivity index (χ1n) is 10.2. The van der Waals surface area contributed by atoms with Crippen LogP contribution in [0, 0.1) is 0 Å². The summed E-state index contributed by atoms with van der Waals surface area (Å²) in [7, 11) is 1.94. The molecule has 13 heteroatoms. The van der Waals surface area contributed by atoms with Gasteiger partial charge in [0.1, 0.15) is 5.82 Å². The second kappa shape index (κ2) is 11.2. The molecule has 0 spiro atoms. The number of anilines is 1. The smallest absolute Gasteiger partial charge is 0.314 e. The molecular weight excluding hydrogens is 491 g/mol. The van der Waals surface area contributed by atoms with Crippen molar-refractivity contribution in [2.75, 3.05) is 32.1 Å². The standard InChI is InChI=1S/C20H23ClN6O4S.ClH/c1-27-6-4-12(23-17(28)18(29)26-16-3-2-11(21)8-22-16)14(9-27)24-19(30)20-25-13-5-7-31-10-15(13)32-20;/h2-3,8,12,14H,4-7,9-10H2,1H3,(H,23,28)(H,24,30)(H,22,26,29);1H/t12-,14+;/m0./s1. The van der Waals surface area contributed by atoms with Crippen molar-refractivity contribution < 1.29 is 19.1 Å². The maximum absolute atomic E-state index is 12.8. The number of amides is 3. The predicted octanol–water partition coefficient (Wildman–Crippen LogP) is 1.24. The van der Waals surface area contributed by atoms with Gasteiger partial charge in [0, 0.05) is 19.2 Å². The molecular formula is C20H24Cl2N6O4S. The molecule has 0 bridgehead atoms. The first-order valence-corrected chi connectivity index (χ1v) is 11.4. The van der Waals surface area contributed by atoms with E-state index in [9.17, 15) is 14.4 Å². The number of carbonyl (C=O) groups excluding carboxylic acids is 3. The Kier molecular flexibility index (Phi) is 8.60. The quantitative estimate of drug-likeness (QED) is 0.524. The summed E-state index contributed by atoms with van der Waals surface area (Å²) in [5.74, 6) is -1.70. The molecule has 33 heavy (non-hydrogen) atoms. The minimum absolute atomic E-state index is 0. The summed E-state index contributed by atoms with van der Waals surface area (Å²) in [4.78, 5) is 49.0. The van der Waals surface area contributed by atoms with Crippen LogP contribution in [0.3, 0.4) is 0 Å². The molecule has 2 aliphatic rings. The van der Waals surface area contributed by atoms with Crippen LogP contribution in [-0.4, -0.2) is 71.4 Å². The number of likely N-dealkylation sites (tertiary alicyclic amines) is 1. The van der Waals surface area contributed by atoms with Gasteiger partial charge in [0.05, 0.1) is 40.9 Å². The Morgan fingerprint density at radius 3 is 2.76 bits per heavy atom. The maximum atomic E-state index is 12.8. The normalized spacial score (nSPS) is 20.2. The van der Waals surface area contributed by atoms with Gasteiger partial charge in [-0.05, 0) is 32.1 Å². The molecule has 0 radical (unpaired) electrons. The van der Waals surface area contributed by atoms with E-state index in [4.69, 9.17) is 16.3 Å². The third-order valence-electron chi connectivity index (χ3n) is 5.31. The Morgan fingerprint density at radius 2 is 2.03 bits per heavy atom. The fourth-order valence-corrected chi connectivity index (χ4v) is 4.70. The number of fused-ring (bicyclic) bond motifs is 1. The van der Waals surface area contributed by atoms with Crippen LogP contribution in [0.4, 0.5) is 5.82 Å². The third kappa shape index (κ3) is 6.39. The number of nitrogens with zero attached hydrogens (tertiary/aromatic N) is 3. The van der Waals surface area contributed by atoms with Crippen molar-refractivity contribution >= 4 is 58.9 Å². The van der Waals surface area contributed by atoms with E-state index in [2.05, 4.69) is 30.8 Å². The van der Waals surface area contributed by atoms with E-state index in [1.807, 2.05) is 7.05 Å². The van der Waals surface area contributed by atoms with Crippen LogP contribution in [0.1, 0.15) is 26.8 Å². The second-order valence-electron chi connectivity index (χ2n) is 7.72. The molecule has 2 aliphatic heterocycles. The zero-order valence-electron chi connectivity index (χ0n) is 17.8. The van der Waals surface area contributed by atoms with Crippen LogP contribution in [0.15, 0.2) is 18.3 Å². The first kappa shape index (κ1) is 25.3. The van der Waals surface area contributed by atoms with Crippen molar-refractivity contribution in [1.29, 1.82) is 0 Å². The van der Waals surface area contributed by atoms with Crippen molar-refractivity contribution in [1.82, 2.24) is 25.5 Å². The number of likely N-dealkylation sites (N-methyl/N-ethyl adjacent to an activating group) is 1. The predicted molar refractivity (Wildman–Crippen MR) is 126 cm³/mol. The SMILES string of the molecule is CN1CC[C@H](NC(=O)C(=O)Nc2ccc(Cl)cn2)[C@H](NC(=O)c2nc3c(s2)COCC3)C1.Cl. The number of nitrogens with one attached hydrogen (secondary N) is 3. The number of thiazole rings is 1. The Labute approximate surface area is 205 Å². The number of rotatable bonds is 4. The van der Waals surface area contributed by atoms with Gasteiger partial charge in [-0.1, -0.05) is 11.6 Å². The molecule has 2 aromatic heterocycles. The molecule has 0 unspecified atom stereocenters. The van der Waals surface area contributed by atoms with E-state index in [1.165, 1.54) is 23.6 Å². The van der Waals surface area contributed by atoms with Gasteiger partial charge in [0.25, 0.3) is 5.91 Å². The van der Waals surface area contributed by atoms with E-state index < -0.39 is 17.9 Å². The molecule has 2 aromatic rings. The molecule has 10 nitrogen and oxygen atoms in total. The summed E-state index contributed by atoms with van der Waals surface area (Å²) in [5.41, 5.74) is 0.907. The molecule has 0 saturated carbocycles. The summed E-state index contributed by atoms with van der Waals surface area (Å²) >= 11 is 7.11. The fourth-order valence-electron chi connectivity index (χ4n) is 3.64. The molecule has 4 rings (SSSR count). The van der Waals surface area contributed by atoms with Crippen molar-refractivity contribution in [3.05, 3.63) is 38.9 Å². The average Bonchev–Trinajstić information content (AvgIpc) is 3.21. The zero-order chi connectivity index (χ0) is 22.7. The molecule has 4 heterocycles. The highest BCUT2D eigenvalue weighted by Gasteiger charge is 2.32. The highest BCUT2D eigenvalue weighted by Crippen LogP contribution is 2.24. The molecule has 0 aliphatic carbocycles. The Bertz CT molecular complexity index is 995. The summed E-state index contributed by atoms with van der Waals surface area (Å²) < 4.78 is 5.42. The lowest BCUT2D eigenvalue weighted by Crippen LogP contribution is -2.60. The average molecular weight is 515 g/mol. The number of ether oxygens (including phenoxy) is 1. The van der Waals surface area contributed by atoms with Crippen LogP contribution in [0.5, 0.6) is 0 Å². The lowest BCUT2D eigenvalue weighted by atomic mass is 9.99. The number of aromatic nitrogens is 2. The molecule has 3 N–H and O–H groups in total. The molecule has 0 aromatic carbocycles. The Balaban J connectivity index is 0.00000306. The molecule has 1 saturated heterocycles. The summed E-state index contributed by atoms with van der Waals surface area (Å²) in [5, 5.41) is 8.96. The van der Waals surface area contributed by atoms with Gasteiger partial charge in [-0.25, -0.2) is 9.97 Å². The van der Waals surface area contributed by atoms with Crippen molar-refractivity contribution in [2.24, 2.45) is 0 Å². The van der Waals surface area contributed by atoms with E-state index >= 15 is 0 Å². The zero-order valence-corrected chi connectivity index (χ0v) is 20.2. The lowest BCUT2D eigenvalue weighted by molar-refractivity contribution is -0.136. The number of piperidine rings is 1. The van der Waals surface area contributed by atoms with Crippen LogP contribution in [0.2, 0.25) is 5.02 Å². The first-order chi connectivity index (χ1) is 15.4. The topological polar surface area (TPSA) is 126 Å². The summed E-state index contributed by atoms with van der Waals surface area (Å²) in [6.07, 6.45) is 2.66. The van der Waals surface area contributed by atoms with Gasteiger partial charge in [0.15, 0.2) is 5.01 Å². The molecule has 1 fully saturated rings. The van der Waals surface area contributed by atoms with Crippen LogP contribution < -0.4 is 16.0 Å². The highest BCUT2D eigenvalue weighted by molar-refractivity contribution is 7.13. The van der Waals surface area contributed by atoms with Gasteiger partial charge < -0.3 is 25.6 Å². The number of hydrogen-bond donors (Lipinski definition) is 3.